The van der Waals surface area contributed by atoms with E-state index in [0.717, 1.165) is 16.3 Å². The molecule has 96 valence electrons. The highest BCUT2D eigenvalue weighted by molar-refractivity contribution is 7.09. The van der Waals surface area contributed by atoms with Crippen molar-refractivity contribution in [2.45, 2.75) is 25.9 Å². The van der Waals surface area contributed by atoms with Gasteiger partial charge in [-0.2, -0.15) is 0 Å². The van der Waals surface area contributed by atoms with E-state index in [4.69, 9.17) is 23.2 Å². The fourth-order valence-corrected chi connectivity index (χ4v) is 2.97. The molecule has 0 spiro atoms. The summed E-state index contributed by atoms with van der Waals surface area (Å²) >= 11 is 13.6. The highest BCUT2D eigenvalue weighted by Gasteiger charge is 2.12. The summed E-state index contributed by atoms with van der Waals surface area (Å²) in [5.74, 6) is 0. The fraction of sp³-hybridized carbons (Fsp3) is 0.308. The number of thiazole rings is 1. The summed E-state index contributed by atoms with van der Waals surface area (Å²) in [4.78, 5) is 4.33. The standard InChI is InChI=1S/C13H13Cl2NOS/c1-8-7-18-12(16-8)6-10(17)5-9-3-2-4-11(14)13(9)15/h2-4,7,10,17H,5-6H2,1H3. The van der Waals surface area contributed by atoms with Gasteiger partial charge in [-0.1, -0.05) is 35.3 Å². The second kappa shape index (κ2) is 6.02. The molecule has 1 unspecified atom stereocenters. The van der Waals surface area contributed by atoms with Gasteiger partial charge in [0.2, 0.25) is 0 Å². The van der Waals surface area contributed by atoms with Crippen molar-refractivity contribution in [2.75, 3.05) is 0 Å². The van der Waals surface area contributed by atoms with Crippen LogP contribution in [-0.4, -0.2) is 16.2 Å². The molecular weight excluding hydrogens is 289 g/mol. The van der Waals surface area contributed by atoms with Gasteiger partial charge in [-0.25, -0.2) is 4.98 Å². The van der Waals surface area contributed by atoms with Crippen molar-refractivity contribution in [2.24, 2.45) is 0 Å². The lowest BCUT2D eigenvalue weighted by Crippen LogP contribution is -2.14. The predicted octanol–water partition coefficient (Wildman–Crippen LogP) is 3.90. The Bertz CT molecular complexity index is 542. The van der Waals surface area contributed by atoms with Gasteiger partial charge in [-0.3, -0.25) is 0 Å². The maximum Gasteiger partial charge on any atom is 0.0954 e. The second-order valence-electron chi connectivity index (χ2n) is 4.16. The number of nitrogens with zero attached hydrogens (tertiary/aromatic N) is 1. The van der Waals surface area contributed by atoms with Crippen molar-refractivity contribution in [3.8, 4) is 0 Å². The normalized spacial score (nSPS) is 12.7. The molecule has 5 heteroatoms. The van der Waals surface area contributed by atoms with Crippen LogP contribution in [0.15, 0.2) is 23.6 Å². The molecule has 0 aliphatic rings. The van der Waals surface area contributed by atoms with Crippen LogP contribution >= 0.6 is 34.5 Å². The summed E-state index contributed by atoms with van der Waals surface area (Å²) in [5, 5.41) is 14.0. The Morgan fingerprint density at radius 2 is 2.11 bits per heavy atom. The van der Waals surface area contributed by atoms with E-state index in [1.165, 1.54) is 0 Å². The lowest BCUT2D eigenvalue weighted by Gasteiger charge is -2.11. The lowest BCUT2D eigenvalue weighted by molar-refractivity contribution is 0.175. The summed E-state index contributed by atoms with van der Waals surface area (Å²) in [6.07, 6.45) is 0.533. The number of aliphatic hydroxyl groups is 1. The first kappa shape index (κ1) is 13.8. The van der Waals surface area contributed by atoms with Crippen molar-refractivity contribution in [1.29, 1.82) is 0 Å². The van der Waals surface area contributed by atoms with Crippen molar-refractivity contribution in [1.82, 2.24) is 4.98 Å². The third-order valence-corrected chi connectivity index (χ3v) is 4.41. The van der Waals surface area contributed by atoms with Gasteiger partial charge >= 0.3 is 0 Å². The second-order valence-corrected chi connectivity index (χ2v) is 5.89. The van der Waals surface area contributed by atoms with E-state index in [9.17, 15) is 5.11 Å². The Balaban J connectivity index is 2.03. The summed E-state index contributed by atoms with van der Waals surface area (Å²) < 4.78 is 0. The number of halogens is 2. The number of hydrogen-bond acceptors (Lipinski definition) is 3. The van der Waals surface area contributed by atoms with E-state index in [1.807, 2.05) is 24.4 Å². The van der Waals surface area contributed by atoms with Crippen LogP contribution in [0.2, 0.25) is 10.0 Å². The zero-order valence-corrected chi connectivity index (χ0v) is 12.2. The molecule has 1 atom stereocenters. The van der Waals surface area contributed by atoms with Crippen LogP contribution in [0.25, 0.3) is 0 Å². The molecule has 0 bridgehead atoms. The Labute approximate surface area is 120 Å². The quantitative estimate of drug-likeness (QED) is 0.929. The number of benzene rings is 1. The zero-order chi connectivity index (χ0) is 13.1. The van der Waals surface area contributed by atoms with Gasteiger partial charge in [0.15, 0.2) is 0 Å². The minimum atomic E-state index is -0.494. The van der Waals surface area contributed by atoms with Crippen molar-refractivity contribution in [3.63, 3.8) is 0 Å². The molecule has 2 nitrogen and oxygen atoms in total. The molecule has 0 radical (unpaired) electrons. The van der Waals surface area contributed by atoms with E-state index in [-0.39, 0.29) is 0 Å². The van der Waals surface area contributed by atoms with Gasteiger partial charge in [0.05, 0.1) is 21.2 Å². The van der Waals surface area contributed by atoms with Gasteiger partial charge in [-0.15, -0.1) is 11.3 Å². The fourth-order valence-electron chi connectivity index (χ4n) is 1.73. The van der Waals surface area contributed by atoms with E-state index in [2.05, 4.69) is 4.98 Å². The third-order valence-electron chi connectivity index (χ3n) is 2.56. The number of rotatable bonds is 4. The monoisotopic (exact) mass is 301 g/mol. The van der Waals surface area contributed by atoms with E-state index >= 15 is 0 Å². The average molecular weight is 302 g/mol. The number of hydrogen-bond donors (Lipinski definition) is 1. The summed E-state index contributed by atoms with van der Waals surface area (Å²) in [7, 11) is 0. The molecule has 0 saturated carbocycles. The number of aryl methyl sites for hydroxylation is 1. The minimum Gasteiger partial charge on any atom is -0.392 e. The van der Waals surface area contributed by atoms with Crippen LogP contribution in [-0.2, 0) is 12.8 Å². The first-order valence-electron chi connectivity index (χ1n) is 5.58. The summed E-state index contributed by atoms with van der Waals surface area (Å²) in [5.41, 5.74) is 1.85. The highest BCUT2D eigenvalue weighted by Crippen LogP contribution is 2.27. The molecule has 1 N–H and O–H groups in total. The Morgan fingerprint density at radius 1 is 1.33 bits per heavy atom. The van der Waals surface area contributed by atoms with Crippen LogP contribution < -0.4 is 0 Å². The predicted molar refractivity (Wildman–Crippen MR) is 76.7 cm³/mol. The molecule has 2 aromatic rings. The van der Waals surface area contributed by atoms with Crippen LogP contribution in [0.1, 0.15) is 16.3 Å². The molecule has 1 aromatic carbocycles. The first-order chi connectivity index (χ1) is 8.56. The van der Waals surface area contributed by atoms with Gasteiger partial charge in [0.1, 0.15) is 0 Å². The molecule has 1 heterocycles. The van der Waals surface area contributed by atoms with Crippen LogP contribution in [0.4, 0.5) is 0 Å². The molecule has 0 saturated heterocycles. The minimum absolute atomic E-state index is 0.484. The highest BCUT2D eigenvalue weighted by atomic mass is 35.5. The smallest absolute Gasteiger partial charge is 0.0954 e. The number of aromatic nitrogens is 1. The lowest BCUT2D eigenvalue weighted by atomic mass is 10.1. The van der Waals surface area contributed by atoms with Gasteiger partial charge in [-0.05, 0) is 18.6 Å². The van der Waals surface area contributed by atoms with E-state index in [0.29, 0.717) is 22.9 Å². The van der Waals surface area contributed by atoms with Gasteiger partial charge in [0.25, 0.3) is 0 Å². The topological polar surface area (TPSA) is 33.1 Å². The van der Waals surface area contributed by atoms with Gasteiger partial charge < -0.3 is 5.11 Å². The largest absolute Gasteiger partial charge is 0.392 e. The molecule has 0 fully saturated rings. The molecule has 2 rings (SSSR count). The molecular formula is C13H13Cl2NOS. The van der Waals surface area contributed by atoms with Crippen LogP contribution in [0, 0.1) is 6.92 Å². The molecule has 0 aliphatic carbocycles. The number of aliphatic hydroxyl groups excluding tert-OH is 1. The summed E-state index contributed by atoms with van der Waals surface area (Å²) in [6, 6.07) is 5.46. The van der Waals surface area contributed by atoms with E-state index in [1.54, 1.807) is 17.4 Å². The Kier molecular flexibility index (Phi) is 4.62. The maximum absolute atomic E-state index is 10.0. The zero-order valence-electron chi connectivity index (χ0n) is 9.86. The molecule has 0 amide bonds. The molecule has 0 aliphatic heterocycles. The third kappa shape index (κ3) is 3.45. The Morgan fingerprint density at radius 3 is 2.78 bits per heavy atom. The van der Waals surface area contributed by atoms with Crippen molar-refractivity contribution < 1.29 is 5.11 Å². The van der Waals surface area contributed by atoms with E-state index < -0.39 is 6.10 Å². The molecule has 1 aromatic heterocycles. The summed E-state index contributed by atoms with van der Waals surface area (Å²) in [6.45, 7) is 1.94. The first-order valence-corrected chi connectivity index (χ1v) is 7.22. The SMILES string of the molecule is Cc1csc(CC(O)Cc2cccc(Cl)c2Cl)n1. The van der Waals surface area contributed by atoms with Crippen LogP contribution in [0.5, 0.6) is 0 Å². The van der Waals surface area contributed by atoms with Crippen molar-refractivity contribution >= 4 is 34.5 Å². The molecule has 18 heavy (non-hydrogen) atoms. The Hall–Kier alpha value is -0.610. The maximum atomic E-state index is 10.0. The van der Waals surface area contributed by atoms with Crippen molar-refractivity contribution in [3.05, 3.63) is 49.9 Å². The van der Waals surface area contributed by atoms with Gasteiger partial charge in [0, 0.05) is 23.9 Å². The average Bonchev–Trinajstić information content (AvgIpc) is 2.70. The van der Waals surface area contributed by atoms with Crippen LogP contribution in [0.3, 0.4) is 0 Å².